The molecule has 6 nitrogen and oxygen atoms in total. The first-order chi connectivity index (χ1) is 12.9. The van der Waals surface area contributed by atoms with E-state index in [2.05, 4.69) is 4.72 Å². The van der Waals surface area contributed by atoms with Gasteiger partial charge in [0.15, 0.2) is 0 Å². The average Bonchev–Trinajstić information content (AvgIpc) is 3.27. The van der Waals surface area contributed by atoms with Crippen LogP contribution in [0.1, 0.15) is 26.3 Å². The fourth-order valence-corrected chi connectivity index (χ4v) is 5.01. The molecule has 3 aromatic rings. The van der Waals surface area contributed by atoms with Crippen LogP contribution < -0.4 is 9.62 Å². The van der Waals surface area contributed by atoms with Crippen LogP contribution in [-0.2, 0) is 10.0 Å². The van der Waals surface area contributed by atoms with Gasteiger partial charge < -0.3 is 0 Å². The molecule has 0 unspecified atom stereocenters. The summed E-state index contributed by atoms with van der Waals surface area (Å²) >= 11 is 1.11. The number of anilines is 2. The van der Waals surface area contributed by atoms with Crippen molar-refractivity contribution in [3.63, 3.8) is 0 Å². The largest absolute Gasteiger partial charge is 0.279 e. The number of carbonyl (C=O) groups is 2. The highest BCUT2D eigenvalue weighted by Crippen LogP contribution is 2.32. The molecular weight excluding hydrogens is 384 g/mol. The van der Waals surface area contributed by atoms with Gasteiger partial charge >= 0.3 is 0 Å². The minimum absolute atomic E-state index is 0.188. The van der Waals surface area contributed by atoms with Crippen LogP contribution in [0.4, 0.5) is 11.4 Å². The Balaban J connectivity index is 1.72. The highest BCUT2D eigenvalue weighted by molar-refractivity contribution is 7.94. The second kappa shape index (κ2) is 6.33. The fourth-order valence-electron chi connectivity index (χ4n) is 2.89. The lowest BCUT2D eigenvalue weighted by molar-refractivity contribution is 0.0926. The third-order valence-corrected chi connectivity index (χ3v) is 7.04. The first kappa shape index (κ1) is 17.4. The Labute approximate surface area is 160 Å². The molecule has 0 radical (unpaired) electrons. The maximum Gasteiger partial charge on any atom is 0.271 e. The van der Waals surface area contributed by atoms with Crippen molar-refractivity contribution in [2.24, 2.45) is 0 Å². The van der Waals surface area contributed by atoms with Crippen molar-refractivity contribution in [1.82, 2.24) is 0 Å². The summed E-state index contributed by atoms with van der Waals surface area (Å²) in [4.78, 5) is 26.4. The molecule has 2 amide bonds. The number of thiophene rings is 1. The van der Waals surface area contributed by atoms with Crippen molar-refractivity contribution in [3.05, 3.63) is 76.7 Å². The molecule has 0 saturated carbocycles. The molecule has 136 valence electrons. The van der Waals surface area contributed by atoms with Gasteiger partial charge in [0.1, 0.15) is 4.21 Å². The van der Waals surface area contributed by atoms with Gasteiger partial charge in [-0.05, 0) is 48.2 Å². The maximum absolute atomic E-state index is 12.6. The molecule has 4 rings (SSSR count). The normalized spacial score (nSPS) is 13.7. The van der Waals surface area contributed by atoms with Crippen LogP contribution in [0, 0.1) is 6.92 Å². The monoisotopic (exact) mass is 398 g/mol. The lowest BCUT2D eigenvalue weighted by atomic mass is 10.1. The molecule has 0 fully saturated rings. The van der Waals surface area contributed by atoms with Gasteiger partial charge in [0.25, 0.3) is 21.8 Å². The van der Waals surface area contributed by atoms with Crippen LogP contribution in [0.5, 0.6) is 0 Å². The number of hydrogen-bond donors (Lipinski definition) is 1. The van der Waals surface area contributed by atoms with Crippen LogP contribution in [0.3, 0.4) is 0 Å². The molecule has 8 heteroatoms. The Morgan fingerprint density at radius 3 is 2.19 bits per heavy atom. The van der Waals surface area contributed by atoms with Crippen LogP contribution in [0.15, 0.2) is 64.2 Å². The van der Waals surface area contributed by atoms with E-state index >= 15 is 0 Å². The second-order valence-electron chi connectivity index (χ2n) is 6.03. The molecular formula is C19H14N2O4S2. The molecule has 0 saturated heterocycles. The minimum atomic E-state index is -3.73. The van der Waals surface area contributed by atoms with Crippen molar-refractivity contribution in [2.75, 3.05) is 9.62 Å². The Hall–Kier alpha value is -2.97. The number of carbonyl (C=O) groups excluding carboxylic acids is 2. The lowest BCUT2D eigenvalue weighted by Gasteiger charge is -2.17. The topological polar surface area (TPSA) is 83.6 Å². The predicted molar refractivity (Wildman–Crippen MR) is 104 cm³/mol. The van der Waals surface area contributed by atoms with E-state index in [1.54, 1.807) is 54.8 Å². The maximum atomic E-state index is 12.6. The van der Waals surface area contributed by atoms with Gasteiger partial charge in [0.2, 0.25) is 0 Å². The van der Waals surface area contributed by atoms with Gasteiger partial charge in [0, 0.05) is 0 Å². The summed E-state index contributed by atoms with van der Waals surface area (Å²) in [5.74, 6) is -0.849. The standard InChI is InChI=1S/C19H14N2O4S2/c1-12-8-9-13(11-16(12)20-27(24,25)17-7-4-10-26-17)21-18(22)14-5-2-3-6-15(14)19(21)23/h2-11,20H,1H3. The zero-order chi connectivity index (χ0) is 19.2. The lowest BCUT2D eigenvalue weighted by Crippen LogP contribution is -2.29. The Bertz CT molecular complexity index is 1130. The number of rotatable bonds is 4. The Kier molecular flexibility index (Phi) is 4.09. The summed E-state index contributed by atoms with van der Waals surface area (Å²) in [7, 11) is -3.73. The minimum Gasteiger partial charge on any atom is -0.279 e. The number of amides is 2. The predicted octanol–water partition coefficient (Wildman–Crippen LogP) is 3.66. The molecule has 1 aliphatic rings. The van der Waals surface area contributed by atoms with Crippen LogP contribution in [-0.4, -0.2) is 20.2 Å². The summed E-state index contributed by atoms with van der Waals surface area (Å²) in [6.45, 7) is 1.75. The SMILES string of the molecule is Cc1ccc(N2C(=O)c3ccccc3C2=O)cc1NS(=O)(=O)c1cccs1. The number of sulfonamides is 1. The number of hydrogen-bond acceptors (Lipinski definition) is 5. The van der Waals surface area contributed by atoms with Crippen molar-refractivity contribution in [3.8, 4) is 0 Å². The smallest absolute Gasteiger partial charge is 0.271 e. The number of benzene rings is 2. The number of fused-ring (bicyclic) bond motifs is 1. The van der Waals surface area contributed by atoms with Crippen LogP contribution >= 0.6 is 11.3 Å². The first-order valence-corrected chi connectivity index (χ1v) is 10.4. The molecule has 2 heterocycles. The summed E-state index contributed by atoms with van der Waals surface area (Å²) in [6.07, 6.45) is 0. The highest BCUT2D eigenvalue weighted by Gasteiger charge is 2.36. The van der Waals surface area contributed by atoms with Gasteiger partial charge in [0.05, 0.1) is 22.5 Å². The molecule has 1 aliphatic heterocycles. The van der Waals surface area contributed by atoms with E-state index in [4.69, 9.17) is 0 Å². The highest BCUT2D eigenvalue weighted by atomic mass is 32.2. The summed E-state index contributed by atoms with van der Waals surface area (Å²) in [5.41, 5.74) is 1.98. The fraction of sp³-hybridized carbons (Fsp3) is 0.0526. The third-order valence-electron chi connectivity index (χ3n) is 4.28. The first-order valence-electron chi connectivity index (χ1n) is 8.03. The van der Waals surface area contributed by atoms with Crippen molar-refractivity contribution < 1.29 is 18.0 Å². The van der Waals surface area contributed by atoms with E-state index in [1.165, 1.54) is 12.1 Å². The van der Waals surface area contributed by atoms with Gasteiger partial charge in [-0.1, -0.05) is 24.3 Å². The zero-order valence-corrected chi connectivity index (χ0v) is 15.8. The molecule has 0 spiro atoms. The van der Waals surface area contributed by atoms with E-state index in [9.17, 15) is 18.0 Å². The summed E-state index contributed by atoms with van der Waals surface area (Å²) < 4.78 is 27.7. The van der Waals surface area contributed by atoms with Crippen molar-refractivity contribution in [2.45, 2.75) is 11.1 Å². The molecule has 2 aromatic carbocycles. The number of imide groups is 1. The summed E-state index contributed by atoms with van der Waals surface area (Å²) in [6, 6.07) is 14.6. The van der Waals surface area contributed by atoms with E-state index in [-0.39, 0.29) is 4.21 Å². The van der Waals surface area contributed by atoms with Crippen LogP contribution in [0.2, 0.25) is 0 Å². The average molecular weight is 398 g/mol. The molecule has 0 aliphatic carbocycles. The van der Waals surface area contributed by atoms with Crippen LogP contribution in [0.25, 0.3) is 0 Å². The van der Waals surface area contributed by atoms with Gasteiger partial charge in [-0.3, -0.25) is 14.3 Å². The quantitative estimate of drug-likeness (QED) is 0.680. The van der Waals surface area contributed by atoms with Crippen molar-refractivity contribution >= 4 is 44.5 Å². The number of nitrogens with zero attached hydrogens (tertiary/aromatic N) is 1. The Morgan fingerprint density at radius 2 is 1.59 bits per heavy atom. The van der Waals surface area contributed by atoms with Gasteiger partial charge in [-0.2, -0.15) is 0 Å². The summed E-state index contributed by atoms with van der Waals surface area (Å²) in [5, 5.41) is 1.68. The number of nitrogens with one attached hydrogen (secondary N) is 1. The van der Waals surface area contributed by atoms with E-state index in [0.29, 0.717) is 28.1 Å². The van der Waals surface area contributed by atoms with E-state index in [1.807, 2.05) is 0 Å². The van der Waals surface area contributed by atoms with Gasteiger partial charge in [-0.15, -0.1) is 11.3 Å². The molecule has 1 aromatic heterocycles. The zero-order valence-electron chi connectivity index (χ0n) is 14.2. The molecule has 1 N–H and O–H groups in total. The Morgan fingerprint density at radius 1 is 0.926 bits per heavy atom. The molecule has 0 bridgehead atoms. The van der Waals surface area contributed by atoms with Crippen molar-refractivity contribution in [1.29, 1.82) is 0 Å². The molecule has 0 atom stereocenters. The number of aryl methyl sites for hydroxylation is 1. The third kappa shape index (κ3) is 2.92. The van der Waals surface area contributed by atoms with Gasteiger partial charge in [-0.25, -0.2) is 13.3 Å². The van der Waals surface area contributed by atoms with E-state index in [0.717, 1.165) is 16.2 Å². The molecule has 27 heavy (non-hydrogen) atoms. The second-order valence-corrected chi connectivity index (χ2v) is 8.89. The van der Waals surface area contributed by atoms with E-state index < -0.39 is 21.8 Å².